The minimum absolute atomic E-state index is 0.0521. The van der Waals surface area contributed by atoms with Crippen LogP contribution in [0, 0.1) is 0 Å². The van der Waals surface area contributed by atoms with Gasteiger partial charge in [-0.2, -0.15) is 0 Å². The van der Waals surface area contributed by atoms with E-state index < -0.39 is 0 Å². The van der Waals surface area contributed by atoms with Gasteiger partial charge in [-0.15, -0.1) is 0 Å². The number of halogens is 1. The predicted octanol–water partition coefficient (Wildman–Crippen LogP) is 2.04. The summed E-state index contributed by atoms with van der Waals surface area (Å²) in [5.74, 6) is -0.0521. The zero-order chi connectivity index (χ0) is 6.69. The van der Waals surface area contributed by atoms with Crippen LogP contribution in [0.2, 0.25) is 0 Å². The van der Waals surface area contributed by atoms with Gasteiger partial charge in [0, 0.05) is 0 Å². The Morgan fingerprint density at radius 1 is 1.67 bits per heavy atom. The van der Waals surface area contributed by atoms with E-state index in [2.05, 4.69) is 0 Å². The molecular formula is C7H11FO. The Morgan fingerprint density at radius 3 is 2.89 bits per heavy atom. The molecule has 0 aliphatic carbocycles. The minimum atomic E-state index is -0.0521. The van der Waals surface area contributed by atoms with Crippen molar-refractivity contribution in [3.63, 3.8) is 0 Å². The van der Waals surface area contributed by atoms with Crippen LogP contribution in [0.4, 0.5) is 4.39 Å². The summed E-state index contributed by atoms with van der Waals surface area (Å²) in [5, 5.41) is 0. The molecule has 0 radical (unpaired) electrons. The first-order valence-electron chi connectivity index (χ1n) is 3.28. The lowest BCUT2D eigenvalue weighted by molar-refractivity contribution is 0.128. The first kappa shape index (κ1) is 6.75. The van der Waals surface area contributed by atoms with Crippen LogP contribution in [-0.4, -0.2) is 13.2 Å². The van der Waals surface area contributed by atoms with E-state index in [1.807, 2.05) is 6.92 Å². The summed E-state index contributed by atoms with van der Waals surface area (Å²) in [4.78, 5) is 0. The van der Waals surface area contributed by atoms with Crippen molar-refractivity contribution in [3.05, 3.63) is 11.4 Å². The quantitative estimate of drug-likeness (QED) is 0.527. The van der Waals surface area contributed by atoms with E-state index in [0.717, 1.165) is 18.4 Å². The Hall–Kier alpha value is -0.370. The van der Waals surface area contributed by atoms with Crippen LogP contribution in [0.1, 0.15) is 19.8 Å². The van der Waals surface area contributed by atoms with Gasteiger partial charge in [-0.25, -0.2) is 4.39 Å². The first-order valence-corrected chi connectivity index (χ1v) is 3.28. The largest absolute Gasteiger partial charge is 0.374 e. The molecule has 1 aliphatic heterocycles. The summed E-state index contributed by atoms with van der Waals surface area (Å²) < 4.78 is 17.5. The van der Waals surface area contributed by atoms with Crippen LogP contribution in [0.15, 0.2) is 11.4 Å². The Kier molecular flexibility index (Phi) is 2.22. The molecular weight excluding hydrogens is 119 g/mol. The maximum absolute atomic E-state index is 12.6. The van der Waals surface area contributed by atoms with E-state index in [9.17, 15) is 4.39 Å². The second-order valence-corrected chi connectivity index (χ2v) is 2.16. The summed E-state index contributed by atoms with van der Waals surface area (Å²) in [7, 11) is 0. The Balaban J connectivity index is 2.59. The lowest BCUT2D eigenvalue weighted by atomic mass is 10.1. The fourth-order valence-electron chi connectivity index (χ4n) is 0.963. The molecule has 0 fully saturated rings. The molecule has 0 saturated heterocycles. The van der Waals surface area contributed by atoms with Gasteiger partial charge in [-0.1, -0.05) is 6.92 Å². The average Bonchev–Trinajstić information content (AvgIpc) is 1.89. The molecule has 0 bridgehead atoms. The SMILES string of the molecule is CCC1=C(F)COCC1. The molecule has 0 aromatic carbocycles. The third kappa shape index (κ3) is 1.52. The van der Waals surface area contributed by atoms with Gasteiger partial charge in [0.1, 0.15) is 5.83 Å². The zero-order valence-electron chi connectivity index (χ0n) is 5.61. The van der Waals surface area contributed by atoms with Crippen LogP contribution < -0.4 is 0 Å². The highest BCUT2D eigenvalue weighted by atomic mass is 19.1. The van der Waals surface area contributed by atoms with Crippen LogP contribution in [0.3, 0.4) is 0 Å². The molecule has 0 unspecified atom stereocenters. The first-order chi connectivity index (χ1) is 4.34. The molecule has 0 aromatic heterocycles. The van der Waals surface area contributed by atoms with Crippen molar-refractivity contribution in [1.82, 2.24) is 0 Å². The summed E-state index contributed by atoms with van der Waals surface area (Å²) in [6.07, 6.45) is 1.61. The van der Waals surface area contributed by atoms with E-state index in [-0.39, 0.29) is 12.4 Å². The second kappa shape index (κ2) is 2.97. The second-order valence-electron chi connectivity index (χ2n) is 2.16. The molecule has 9 heavy (non-hydrogen) atoms. The highest BCUT2D eigenvalue weighted by molar-refractivity contribution is 5.09. The third-order valence-electron chi connectivity index (χ3n) is 1.59. The molecule has 52 valence electrons. The molecule has 0 atom stereocenters. The number of hydrogen-bond acceptors (Lipinski definition) is 1. The van der Waals surface area contributed by atoms with Crippen molar-refractivity contribution in [3.8, 4) is 0 Å². The van der Waals surface area contributed by atoms with E-state index in [1.54, 1.807) is 0 Å². The van der Waals surface area contributed by atoms with Crippen LogP contribution >= 0.6 is 0 Å². The number of hydrogen-bond donors (Lipinski definition) is 0. The summed E-state index contributed by atoms with van der Waals surface area (Å²) >= 11 is 0. The average molecular weight is 130 g/mol. The Labute approximate surface area is 54.5 Å². The van der Waals surface area contributed by atoms with Gasteiger partial charge in [0.15, 0.2) is 0 Å². The molecule has 1 nitrogen and oxygen atoms in total. The molecule has 1 rings (SSSR count). The smallest absolute Gasteiger partial charge is 0.125 e. The van der Waals surface area contributed by atoms with Crippen LogP contribution in [-0.2, 0) is 4.74 Å². The van der Waals surface area contributed by atoms with Gasteiger partial charge < -0.3 is 4.74 Å². The number of ether oxygens (including phenoxy) is 1. The molecule has 0 saturated carbocycles. The molecule has 2 heteroatoms. The number of rotatable bonds is 1. The van der Waals surface area contributed by atoms with Crippen LogP contribution in [0.25, 0.3) is 0 Å². The summed E-state index contributed by atoms with van der Waals surface area (Å²) in [6, 6.07) is 0. The predicted molar refractivity (Wildman–Crippen MR) is 33.9 cm³/mol. The lowest BCUT2D eigenvalue weighted by Crippen LogP contribution is -2.07. The van der Waals surface area contributed by atoms with Gasteiger partial charge in [0.05, 0.1) is 13.2 Å². The minimum Gasteiger partial charge on any atom is -0.374 e. The van der Waals surface area contributed by atoms with E-state index in [0.29, 0.717) is 6.61 Å². The fourth-order valence-corrected chi connectivity index (χ4v) is 0.963. The normalized spacial score (nSPS) is 20.7. The van der Waals surface area contributed by atoms with Crippen molar-refractivity contribution in [2.45, 2.75) is 19.8 Å². The maximum Gasteiger partial charge on any atom is 0.125 e. The highest BCUT2D eigenvalue weighted by Crippen LogP contribution is 2.18. The Bertz CT molecular complexity index is 129. The monoisotopic (exact) mass is 130 g/mol. The zero-order valence-corrected chi connectivity index (χ0v) is 5.61. The third-order valence-corrected chi connectivity index (χ3v) is 1.59. The summed E-state index contributed by atoms with van der Waals surface area (Å²) in [5.41, 5.74) is 0.932. The topological polar surface area (TPSA) is 9.23 Å². The molecule has 0 spiro atoms. The molecule has 0 aromatic rings. The van der Waals surface area contributed by atoms with E-state index in [4.69, 9.17) is 4.74 Å². The molecule has 0 N–H and O–H groups in total. The summed E-state index contributed by atoms with van der Waals surface area (Å²) in [6.45, 7) is 2.86. The maximum atomic E-state index is 12.6. The molecule has 0 amide bonds. The van der Waals surface area contributed by atoms with Crippen molar-refractivity contribution in [2.24, 2.45) is 0 Å². The standard InChI is InChI=1S/C7H11FO/c1-2-6-3-4-9-5-7(6)8/h2-5H2,1H3. The van der Waals surface area contributed by atoms with Gasteiger partial charge in [-0.05, 0) is 18.4 Å². The van der Waals surface area contributed by atoms with Crippen molar-refractivity contribution in [2.75, 3.05) is 13.2 Å². The van der Waals surface area contributed by atoms with Crippen molar-refractivity contribution >= 4 is 0 Å². The van der Waals surface area contributed by atoms with Gasteiger partial charge in [-0.3, -0.25) is 0 Å². The van der Waals surface area contributed by atoms with Gasteiger partial charge >= 0.3 is 0 Å². The van der Waals surface area contributed by atoms with Crippen molar-refractivity contribution < 1.29 is 9.13 Å². The van der Waals surface area contributed by atoms with Crippen LogP contribution in [0.5, 0.6) is 0 Å². The fraction of sp³-hybridized carbons (Fsp3) is 0.714. The molecule has 1 aliphatic rings. The lowest BCUT2D eigenvalue weighted by Gasteiger charge is -2.13. The van der Waals surface area contributed by atoms with Gasteiger partial charge in [0.25, 0.3) is 0 Å². The Morgan fingerprint density at radius 2 is 2.44 bits per heavy atom. The van der Waals surface area contributed by atoms with Gasteiger partial charge in [0.2, 0.25) is 0 Å². The van der Waals surface area contributed by atoms with E-state index in [1.165, 1.54) is 0 Å². The van der Waals surface area contributed by atoms with E-state index >= 15 is 0 Å². The van der Waals surface area contributed by atoms with Crippen molar-refractivity contribution in [1.29, 1.82) is 0 Å². The molecule has 1 heterocycles. The highest BCUT2D eigenvalue weighted by Gasteiger charge is 2.09.